The second-order valence-electron chi connectivity index (χ2n) is 21.4. The van der Waals surface area contributed by atoms with Crippen LogP contribution in [0.4, 0.5) is 0 Å². The fourth-order valence-electron chi connectivity index (χ4n) is 14.3. The minimum absolute atomic E-state index is 0.0146. The summed E-state index contributed by atoms with van der Waals surface area (Å²) in [5.41, 5.74) is -0.660. The van der Waals surface area contributed by atoms with E-state index in [1.54, 1.807) is 0 Å². The number of hydrogen-bond acceptors (Lipinski definition) is 19. The van der Waals surface area contributed by atoms with Crippen LogP contribution in [0.3, 0.4) is 0 Å². The molecule has 9 rings (SSSR count). The van der Waals surface area contributed by atoms with Crippen molar-refractivity contribution in [1.29, 1.82) is 0 Å². The number of carbonyl (C=O) groups is 1. The van der Waals surface area contributed by atoms with Crippen molar-refractivity contribution in [3.05, 3.63) is 0 Å². The van der Waals surface area contributed by atoms with E-state index < -0.39 is 129 Å². The van der Waals surface area contributed by atoms with Crippen LogP contribution in [0, 0.1) is 52.3 Å². The average Bonchev–Trinajstić information content (AvgIpc) is 3.73. The van der Waals surface area contributed by atoms with Gasteiger partial charge in [0.15, 0.2) is 24.7 Å². The van der Waals surface area contributed by atoms with E-state index in [0.717, 1.165) is 38.5 Å². The minimum Gasteiger partial charge on any atom is -0.394 e. The van der Waals surface area contributed by atoms with Crippen molar-refractivity contribution < 1.29 is 93.8 Å². The first kappa shape index (κ1) is 48.0. The van der Waals surface area contributed by atoms with Gasteiger partial charge in [-0.2, -0.15) is 0 Å². The number of hydrogen-bond donors (Lipinski definition) is 10. The Balaban J connectivity index is 0.937. The zero-order chi connectivity index (χ0) is 45.8. The first-order valence-corrected chi connectivity index (χ1v) is 23.8. The third-order valence-electron chi connectivity index (χ3n) is 18.2. The molecule has 4 saturated carbocycles. The number of ether oxygens (including phenoxy) is 8. The SMILES string of the molecule is C[C@@H]1CC[C@@]2(OC1)O[C@H]1C[C@@H]3[C@@H]4CC[C@@H]5C[C@@H](O[C@@H]6O[C@H](CO)[C@H](O)[C@H](O[C@@H]7O[C@H](CO)[C@@H](O)[C@H](O)[C@H]7O)[C@H]6O[C@@H]6O[C@H](CO)[C@@H](O)[C@H](O)[C@H]6O)CC[C@]5(C)[C@H]4CC(=O)[C@]3(C)[C@@H]1[C@@H]2C. The Morgan fingerprint density at radius 2 is 1.23 bits per heavy atom. The lowest BCUT2D eigenvalue weighted by atomic mass is 9.44. The van der Waals surface area contributed by atoms with Crippen LogP contribution in [0.15, 0.2) is 0 Å². The lowest BCUT2D eigenvalue weighted by Crippen LogP contribution is -2.67. The van der Waals surface area contributed by atoms with E-state index in [1.807, 2.05) is 0 Å². The van der Waals surface area contributed by atoms with Gasteiger partial charge in [0.25, 0.3) is 0 Å². The number of carbonyl (C=O) groups excluding carboxylic acids is 1. The third kappa shape index (κ3) is 7.67. The van der Waals surface area contributed by atoms with Gasteiger partial charge < -0.3 is 89.0 Å². The molecule has 64 heavy (non-hydrogen) atoms. The van der Waals surface area contributed by atoms with Crippen molar-refractivity contribution in [1.82, 2.24) is 0 Å². The number of ketones is 1. The average molecular weight is 917 g/mol. The fraction of sp³-hybridized carbons (Fsp3) is 0.978. The van der Waals surface area contributed by atoms with E-state index in [9.17, 15) is 55.9 Å². The Morgan fingerprint density at radius 1 is 0.641 bits per heavy atom. The third-order valence-corrected chi connectivity index (χ3v) is 18.2. The van der Waals surface area contributed by atoms with E-state index in [2.05, 4.69) is 27.7 Å². The van der Waals surface area contributed by atoms with E-state index in [4.69, 9.17) is 37.9 Å². The van der Waals surface area contributed by atoms with Gasteiger partial charge in [0.2, 0.25) is 0 Å². The quantitative estimate of drug-likeness (QED) is 0.117. The van der Waals surface area contributed by atoms with Gasteiger partial charge in [-0.1, -0.05) is 27.7 Å². The smallest absolute Gasteiger partial charge is 0.187 e. The van der Waals surface area contributed by atoms with Crippen LogP contribution in [0.5, 0.6) is 0 Å². The highest BCUT2D eigenvalue weighted by molar-refractivity contribution is 5.87. The van der Waals surface area contributed by atoms with E-state index >= 15 is 0 Å². The highest BCUT2D eigenvalue weighted by atomic mass is 16.8. The molecular formula is C45H72O19. The first-order valence-electron chi connectivity index (χ1n) is 23.8. The molecule has 5 aliphatic heterocycles. The lowest BCUT2D eigenvalue weighted by molar-refractivity contribution is -0.396. The number of rotatable bonds is 9. The summed E-state index contributed by atoms with van der Waals surface area (Å²) in [4.78, 5) is 14.7. The second kappa shape index (κ2) is 18.0. The second-order valence-corrected chi connectivity index (χ2v) is 21.4. The molecule has 9 aliphatic rings. The van der Waals surface area contributed by atoms with Crippen molar-refractivity contribution in [3.8, 4) is 0 Å². The fourth-order valence-corrected chi connectivity index (χ4v) is 14.3. The van der Waals surface area contributed by atoms with Crippen molar-refractivity contribution >= 4 is 5.78 Å². The molecule has 0 aromatic heterocycles. The van der Waals surface area contributed by atoms with Crippen molar-refractivity contribution in [2.45, 2.75) is 196 Å². The van der Waals surface area contributed by atoms with Gasteiger partial charge in [-0.25, -0.2) is 0 Å². The molecule has 19 heteroatoms. The van der Waals surface area contributed by atoms with Gasteiger partial charge in [0.05, 0.1) is 38.6 Å². The number of fused-ring (bicyclic) bond motifs is 7. The largest absolute Gasteiger partial charge is 0.394 e. The predicted molar refractivity (Wildman–Crippen MR) is 216 cm³/mol. The standard InChI is InChI=1S/C45H72O19/c1-18-7-10-45(57-17-18)19(2)30-25(64-45)12-24-22-6-5-20-11-21(8-9-43(20,3)23(22)13-29(49)44(24,30)4)58-42-39(63-41-37(56)35(54)32(51)27(15-47)60-41)38(33(52)28(16-48)61-42)62-40-36(55)34(53)31(50)26(14-46)59-40/h18-28,30-42,46-48,50-56H,5-17H2,1-4H3/t18-,19+,20-,21+,22-,23+,24-,25+,26-,27-,28-,30-,31-,32-,33+,34+,35+,36-,37-,38+,39-,40+,41+,42-,43+,44-,45-/m1/s1. The van der Waals surface area contributed by atoms with Crippen molar-refractivity contribution in [2.24, 2.45) is 52.3 Å². The molecule has 27 atom stereocenters. The molecule has 0 bridgehead atoms. The Kier molecular flexibility index (Phi) is 13.5. The van der Waals surface area contributed by atoms with Gasteiger partial charge in [-0.05, 0) is 80.0 Å². The summed E-state index contributed by atoms with van der Waals surface area (Å²) in [5, 5.41) is 106. The summed E-state index contributed by atoms with van der Waals surface area (Å²) < 4.78 is 49.8. The van der Waals surface area contributed by atoms with Gasteiger partial charge in [-0.3, -0.25) is 4.79 Å². The van der Waals surface area contributed by atoms with Crippen molar-refractivity contribution in [2.75, 3.05) is 26.4 Å². The number of aliphatic hydroxyl groups is 10. The van der Waals surface area contributed by atoms with Crippen molar-refractivity contribution in [3.63, 3.8) is 0 Å². The van der Waals surface area contributed by atoms with Crippen LogP contribution >= 0.6 is 0 Å². The molecule has 0 aromatic rings. The maximum Gasteiger partial charge on any atom is 0.187 e. The van der Waals surface area contributed by atoms with Crippen LogP contribution in [-0.4, -0.2) is 193 Å². The van der Waals surface area contributed by atoms with Crippen LogP contribution in [0.1, 0.15) is 85.5 Å². The minimum atomic E-state index is -1.89. The highest BCUT2D eigenvalue weighted by Gasteiger charge is 2.72. The van der Waals surface area contributed by atoms with Crippen LogP contribution in [0.25, 0.3) is 0 Å². The molecule has 0 aromatic carbocycles. The topological polar surface area (TPSA) is 293 Å². The molecule has 0 unspecified atom stereocenters. The van der Waals surface area contributed by atoms with Gasteiger partial charge >= 0.3 is 0 Å². The maximum absolute atomic E-state index is 14.7. The summed E-state index contributed by atoms with van der Waals surface area (Å²) in [6.45, 7) is 7.37. The Morgan fingerprint density at radius 3 is 1.83 bits per heavy atom. The molecule has 1 spiro atoms. The highest BCUT2D eigenvalue weighted by Crippen LogP contribution is 2.70. The number of aliphatic hydroxyl groups excluding tert-OH is 10. The molecular weight excluding hydrogens is 844 g/mol. The molecule has 5 saturated heterocycles. The Labute approximate surface area is 373 Å². The number of Topliss-reactive ketones (excluding diaryl/α,β-unsaturated/α-hetero) is 1. The molecule has 19 nitrogen and oxygen atoms in total. The monoisotopic (exact) mass is 916 g/mol. The Bertz CT molecular complexity index is 1650. The molecule has 0 amide bonds. The first-order chi connectivity index (χ1) is 30.4. The molecule has 9 fully saturated rings. The zero-order valence-corrected chi connectivity index (χ0v) is 37.2. The predicted octanol–water partition coefficient (Wildman–Crippen LogP) is -1.55. The van der Waals surface area contributed by atoms with Crippen LogP contribution in [0.2, 0.25) is 0 Å². The van der Waals surface area contributed by atoms with Gasteiger partial charge in [0.1, 0.15) is 79.0 Å². The maximum atomic E-state index is 14.7. The molecule has 4 aliphatic carbocycles. The van der Waals surface area contributed by atoms with Gasteiger partial charge in [-0.15, -0.1) is 0 Å². The molecule has 10 N–H and O–H groups in total. The molecule has 5 heterocycles. The summed E-state index contributed by atoms with van der Waals surface area (Å²) in [5.74, 6) is 1.32. The van der Waals surface area contributed by atoms with E-state index in [-0.39, 0.29) is 41.1 Å². The zero-order valence-electron chi connectivity index (χ0n) is 37.2. The summed E-state index contributed by atoms with van der Waals surface area (Å²) in [6, 6.07) is 0. The normalized spacial score (nSPS) is 57.5. The summed E-state index contributed by atoms with van der Waals surface area (Å²) >= 11 is 0. The summed E-state index contributed by atoms with van der Waals surface area (Å²) in [7, 11) is 0. The van der Waals surface area contributed by atoms with Crippen LogP contribution in [-0.2, 0) is 42.7 Å². The van der Waals surface area contributed by atoms with Gasteiger partial charge in [0, 0.05) is 30.1 Å². The van der Waals surface area contributed by atoms with E-state index in [1.165, 1.54) is 0 Å². The summed E-state index contributed by atoms with van der Waals surface area (Å²) in [6.07, 6.45) is -18.4. The van der Waals surface area contributed by atoms with E-state index in [0.29, 0.717) is 43.5 Å². The molecule has 0 radical (unpaired) electrons. The lowest BCUT2D eigenvalue weighted by Gasteiger charge is -2.61. The van der Waals surface area contributed by atoms with Crippen LogP contribution < -0.4 is 0 Å². The molecule has 366 valence electrons. The Hall–Kier alpha value is -1.05.